The van der Waals surface area contributed by atoms with E-state index in [-0.39, 0.29) is 30.2 Å². The molecule has 1 saturated carbocycles. The van der Waals surface area contributed by atoms with Crippen molar-refractivity contribution in [3.05, 3.63) is 65.5 Å². The zero-order chi connectivity index (χ0) is 19.2. The van der Waals surface area contributed by atoms with Crippen LogP contribution in [0.5, 0.6) is 5.75 Å². The second-order valence-corrected chi connectivity index (χ2v) is 7.08. The van der Waals surface area contributed by atoms with E-state index in [4.69, 9.17) is 4.74 Å². The van der Waals surface area contributed by atoms with Gasteiger partial charge in [-0.15, -0.1) is 0 Å². The molecule has 0 saturated heterocycles. The highest BCUT2D eigenvalue weighted by atomic mass is 19.1. The van der Waals surface area contributed by atoms with Crippen LogP contribution in [0.2, 0.25) is 0 Å². The molecule has 1 aliphatic carbocycles. The lowest BCUT2D eigenvalue weighted by Crippen LogP contribution is -2.43. The molecule has 5 heteroatoms. The summed E-state index contributed by atoms with van der Waals surface area (Å²) in [6.07, 6.45) is 4.55. The zero-order valence-corrected chi connectivity index (χ0v) is 15.4. The van der Waals surface area contributed by atoms with Crippen molar-refractivity contribution in [2.75, 3.05) is 6.61 Å². The first kappa shape index (κ1) is 19.1. The van der Waals surface area contributed by atoms with Crippen LogP contribution in [0.4, 0.5) is 4.39 Å². The van der Waals surface area contributed by atoms with Crippen molar-refractivity contribution in [3.8, 4) is 5.75 Å². The molecule has 27 heavy (non-hydrogen) atoms. The van der Waals surface area contributed by atoms with E-state index in [2.05, 4.69) is 12.2 Å². The monoisotopic (exact) mass is 369 g/mol. The number of benzene rings is 2. The van der Waals surface area contributed by atoms with Crippen LogP contribution in [0.3, 0.4) is 0 Å². The summed E-state index contributed by atoms with van der Waals surface area (Å²) in [6, 6.07) is 12.3. The van der Waals surface area contributed by atoms with Gasteiger partial charge in [0.1, 0.15) is 11.6 Å². The van der Waals surface area contributed by atoms with Gasteiger partial charge in [-0.1, -0.05) is 19.8 Å². The number of carbonyl (C=O) groups excluding carboxylic acids is 2. The summed E-state index contributed by atoms with van der Waals surface area (Å²) in [6.45, 7) is 2.12. The molecule has 0 unspecified atom stereocenters. The van der Waals surface area contributed by atoms with Gasteiger partial charge in [0.05, 0.1) is 0 Å². The smallest absolute Gasteiger partial charge is 0.258 e. The molecule has 0 bridgehead atoms. The van der Waals surface area contributed by atoms with Crippen LogP contribution < -0.4 is 10.1 Å². The van der Waals surface area contributed by atoms with Crippen molar-refractivity contribution in [2.45, 2.75) is 38.6 Å². The van der Waals surface area contributed by atoms with Crippen molar-refractivity contribution in [1.82, 2.24) is 5.32 Å². The lowest BCUT2D eigenvalue weighted by molar-refractivity contribution is -0.124. The van der Waals surface area contributed by atoms with Gasteiger partial charge in [-0.3, -0.25) is 9.59 Å². The largest absolute Gasteiger partial charge is 0.484 e. The Labute approximate surface area is 158 Å². The van der Waals surface area contributed by atoms with E-state index in [1.165, 1.54) is 30.7 Å². The van der Waals surface area contributed by atoms with Crippen LogP contribution in [0.1, 0.15) is 48.5 Å². The summed E-state index contributed by atoms with van der Waals surface area (Å²) in [4.78, 5) is 24.5. The molecule has 2 aromatic carbocycles. The Bertz CT molecular complexity index is 786. The second-order valence-electron chi connectivity index (χ2n) is 7.08. The first-order chi connectivity index (χ1) is 13.0. The van der Waals surface area contributed by atoms with Gasteiger partial charge >= 0.3 is 0 Å². The number of amides is 1. The number of halogens is 1. The van der Waals surface area contributed by atoms with Crippen LogP contribution >= 0.6 is 0 Å². The molecular weight excluding hydrogens is 345 g/mol. The minimum Gasteiger partial charge on any atom is -0.484 e. The molecule has 0 radical (unpaired) electrons. The molecule has 0 aliphatic heterocycles. The maximum Gasteiger partial charge on any atom is 0.258 e. The third-order valence-corrected chi connectivity index (χ3v) is 5.05. The number of rotatable bonds is 6. The molecule has 3 rings (SSSR count). The molecule has 1 N–H and O–H groups in total. The van der Waals surface area contributed by atoms with Gasteiger partial charge in [0.15, 0.2) is 12.4 Å². The quantitative estimate of drug-likeness (QED) is 0.779. The normalized spacial score (nSPS) is 19.3. The van der Waals surface area contributed by atoms with Gasteiger partial charge in [-0.2, -0.15) is 0 Å². The average Bonchev–Trinajstić information content (AvgIpc) is 2.69. The van der Waals surface area contributed by atoms with E-state index in [0.717, 1.165) is 19.3 Å². The van der Waals surface area contributed by atoms with Crippen molar-refractivity contribution in [3.63, 3.8) is 0 Å². The molecule has 2 aromatic rings. The molecule has 1 aliphatic rings. The van der Waals surface area contributed by atoms with Crippen LogP contribution in [-0.2, 0) is 4.79 Å². The molecule has 1 amide bonds. The van der Waals surface area contributed by atoms with E-state index in [1.807, 2.05) is 0 Å². The third kappa shape index (κ3) is 5.16. The van der Waals surface area contributed by atoms with Crippen molar-refractivity contribution >= 4 is 11.7 Å². The minimum atomic E-state index is -0.379. The minimum absolute atomic E-state index is 0.0471. The van der Waals surface area contributed by atoms with Crippen LogP contribution in [0, 0.1) is 11.7 Å². The number of ether oxygens (including phenoxy) is 1. The topological polar surface area (TPSA) is 55.4 Å². The highest BCUT2D eigenvalue weighted by Gasteiger charge is 2.22. The Morgan fingerprint density at radius 2 is 1.59 bits per heavy atom. The molecule has 142 valence electrons. The summed E-state index contributed by atoms with van der Waals surface area (Å²) in [5.41, 5.74) is 0.903. The van der Waals surface area contributed by atoms with E-state index in [1.54, 1.807) is 24.3 Å². The van der Waals surface area contributed by atoms with E-state index in [9.17, 15) is 14.0 Å². The van der Waals surface area contributed by atoms with Crippen LogP contribution in [0.15, 0.2) is 48.5 Å². The maximum atomic E-state index is 13.0. The Morgan fingerprint density at radius 3 is 2.22 bits per heavy atom. The number of hydrogen-bond acceptors (Lipinski definition) is 3. The number of nitrogens with one attached hydrogen (secondary N) is 1. The number of hydrogen-bond donors (Lipinski definition) is 1. The molecule has 1 fully saturated rings. The molecule has 2 atom stereocenters. The van der Waals surface area contributed by atoms with Crippen molar-refractivity contribution in [1.29, 1.82) is 0 Å². The van der Waals surface area contributed by atoms with Crippen LogP contribution in [-0.4, -0.2) is 24.3 Å². The second kappa shape index (κ2) is 8.80. The summed E-state index contributed by atoms with van der Waals surface area (Å²) in [5, 5.41) is 3.05. The van der Waals surface area contributed by atoms with Crippen molar-refractivity contribution in [2.24, 2.45) is 5.92 Å². The van der Waals surface area contributed by atoms with Gasteiger partial charge in [0, 0.05) is 17.2 Å². The third-order valence-electron chi connectivity index (χ3n) is 5.05. The molecular formula is C22H24FNO3. The first-order valence-electron chi connectivity index (χ1n) is 9.35. The Kier molecular flexibility index (Phi) is 6.22. The molecule has 0 spiro atoms. The van der Waals surface area contributed by atoms with E-state index >= 15 is 0 Å². The molecule has 0 aromatic heterocycles. The van der Waals surface area contributed by atoms with Gasteiger partial charge in [0.25, 0.3) is 5.91 Å². The fourth-order valence-electron chi connectivity index (χ4n) is 3.40. The maximum absolute atomic E-state index is 13.0. The van der Waals surface area contributed by atoms with Gasteiger partial charge in [0.2, 0.25) is 0 Å². The lowest BCUT2D eigenvalue weighted by Gasteiger charge is -2.29. The summed E-state index contributed by atoms with van der Waals surface area (Å²) >= 11 is 0. The SMILES string of the molecule is C[C@H]1CCCC[C@H]1NC(=O)COc1ccc(C(=O)c2ccc(F)cc2)cc1. The number of carbonyl (C=O) groups is 2. The van der Waals surface area contributed by atoms with Gasteiger partial charge in [-0.05, 0) is 67.3 Å². The molecule has 0 heterocycles. The van der Waals surface area contributed by atoms with E-state index < -0.39 is 0 Å². The summed E-state index contributed by atoms with van der Waals surface area (Å²) in [5.74, 6) is 0.332. The standard InChI is InChI=1S/C22H24FNO3/c1-15-4-2-3-5-20(15)24-21(25)14-27-19-12-8-17(9-13-19)22(26)16-6-10-18(23)11-7-16/h6-13,15,20H,2-5,14H2,1H3,(H,24,25)/t15-,20+/m0/s1. The highest BCUT2D eigenvalue weighted by molar-refractivity contribution is 6.09. The van der Waals surface area contributed by atoms with Gasteiger partial charge < -0.3 is 10.1 Å². The summed E-state index contributed by atoms with van der Waals surface area (Å²) in [7, 11) is 0. The Hall–Kier alpha value is -2.69. The number of ketones is 1. The van der Waals surface area contributed by atoms with Crippen LogP contribution in [0.25, 0.3) is 0 Å². The average molecular weight is 369 g/mol. The predicted octanol–water partition coefficient (Wildman–Crippen LogP) is 4.13. The van der Waals surface area contributed by atoms with E-state index in [0.29, 0.717) is 22.8 Å². The zero-order valence-electron chi connectivity index (χ0n) is 15.4. The molecule has 4 nitrogen and oxygen atoms in total. The Balaban J connectivity index is 1.52. The van der Waals surface area contributed by atoms with Crippen molar-refractivity contribution < 1.29 is 18.7 Å². The fraction of sp³-hybridized carbons (Fsp3) is 0.364. The predicted molar refractivity (Wildman–Crippen MR) is 101 cm³/mol. The lowest BCUT2D eigenvalue weighted by atomic mass is 9.86. The highest BCUT2D eigenvalue weighted by Crippen LogP contribution is 2.23. The summed E-state index contributed by atoms with van der Waals surface area (Å²) < 4.78 is 18.5. The van der Waals surface area contributed by atoms with Gasteiger partial charge in [-0.25, -0.2) is 4.39 Å². The fourth-order valence-corrected chi connectivity index (χ4v) is 3.40. The Morgan fingerprint density at radius 1 is 1.00 bits per heavy atom. The first-order valence-corrected chi connectivity index (χ1v) is 9.35.